The fourth-order valence-electron chi connectivity index (χ4n) is 0.152. The van der Waals surface area contributed by atoms with E-state index in [-0.39, 0.29) is 0 Å². The molecule has 0 aliphatic rings. The maximum absolute atomic E-state index is 4.28. The van der Waals surface area contributed by atoms with E-state index in [1.54, 1.807) is 6.07 Å². The molecule has 0 atom stereocenters. The van der Waals surface area contributed by atoms with Crippen LogP contribution in [-0.4, -0.2) is 5.16 Å². The highest BCUT2D eigenvalue weighted by molar-refractivity contribution is 4.65. The minimum Gasteiger partial charge on any atom is -0.364 e. The number of rotatable bonds is 0. The molecule has 2 nitrogen and oxygen atoms in total. The van der Waals surface area contributed by atoms with Crippen molar-refractivity contribution < 1.29 is 4.52 Å². The molecule has 0 spiro atoms. The Balaban J connectivity index is 3.13. The maximum atomic E-state index is 4.28. The van der Waals surface area contributed by atoms with E-state index in [4.69, 9.17) is 0 Å². The van der Waals surface area contributed by atoms with Crippen LogP contribution < -0.4 is 0 Å². The Morgan fingerprint density at radius 2 is 2.80 bits per heavy atom. The third kappa shape index (κ3) is 0.265. The van der Waals surface area contributed by atoms with Gasteiger partial charge in [0.05, 0.1) is 0 Å². The first-order valence-corrected chi connectivity index (χ1v) is 1.26. The van der Waals surface area contributed by atoms with Crippen molar-refractivity contribution in [3.8, 4) is 0 Å². The smallest absolute Gasteiger partial charge is 0.135 e. The lowest BCUT2D eigenvalue weighted by Crippen LogP contribution is -1.40. The molecule has 0 fully saturated rings. The molecule has 0 unspecified atom stereocenters. The Labute approximate surface area is 29.4 Å². The van der Waals surface area contributed by atoms with Gasteiger partial charge in [-0.1, -0.05) is 5.16 Å². The van der Waals surface area contributed by atoms with Crippen molar-refractivity contribution in [2.45, 2.75) is 0 Å². The van der Waals surface area contributed by atoms with Gasteiger partial charge in [0.15, 0.2) is 0 Å². The summed E-state index contributed by atoms with van der Waals surface area (Å²) >= 11 is 0. The Bertz CT molecular complexity index is 63.4. The topological polar surface area (TPSA) is 26.0 Å². The molecule has 0 aliphatic carbocycles. The molecule has 0 N–H and O–H groups in total. The number of hydrogen-bond donors (Lipinski definition) is 0. The zero-order valence-electron chi connectivity index (χ0n) is 2.51. The third-order valence-corrected chi connectivity index (χ3v) is 0.309. The highest BCUT2D eigenvalue weighted by Gasteiger charge is 1.62. The van der Waals surface area contributed by atoms with E-state index >= 15 is 0 Å². The van der Waals surface area contributed by atoms with Gasteiger partial charge in [0, 0.05) is 6.07 Å². The fourth-order valence-corrected chi connectivity index (χ4v) is 0.152. The summed E-state index contributed by atoms with van der Waals surface area (Å²) in [5.41, 5.74) is 0. The van der Waals surface area contributed by atoms with Crippen LogP contribution in [0.4, 0.5) is 0 Å². The first kappa shape index (κ1) is 2.45. The van der Waals surface area contributed by atoms with Crippen LogP contribution in [0.5, 0.6) is 0 Å². The quantitative estimate of drug-likeness (QED) is 0.441. The average Bonchev–Trinajstić information content (AvgIpc) is 1.76. The van der Waals surface area contributed by atoms with Crippen LogP contribution in [0.15, 0.2) is 16.9 Å². The first-order chi connectivity index (χ1) is 2.50. The van der Waals surface area contributed by atoms with Crippen LogP contribution in [0.1, 0.15) is 0 Å². The molecule has 0 aromatic carbocycles. The Kier molecular flexibility index (Phi) is 0.433. The lowest BCUT2D eigenvalue weighted by atomic mass is 10.8. The molecule has 0 aliphatic heterocycles. The van der Waals surface area contributed by atoms with Gasteiger partial charge in [-0.2, -0.15) is 0 Å². The van der Waals surface area contributed by atoms with Gasteiger partial charge >= 0.3 is 0 Å². The van der Waals surface area contributed by atoms with Crippen LogP contribution >= 0.6 is 0 Å². The summed E-state index contributed by atoms with van der Waals surface area (Å²) in [5, 5.41) is 3.22. The maximum Gasteiger partial charge on any atom is 0.135 e. The first-order valence-electron chi connectivity index (χ1n) is 1.26. The van der Waals surface area contributed by atoms with Crippen LogP contribution in [0, 0.1) is 6.20 Å². The molecule has 1 aromatic heterocycles. The predicted molar refractivity (Wildman–Crippen MR) is 15.3 cm³/mol. The third-order valence-electron chi connectivity index (χ3n) is 0.309. The second-order valence-electron chi connectivity index (χ2n) is 0.629. The van der Waals surface area contributed by atoms with E-state index in [1.807, 2.05) is 0 Å². The lowest BCUT2D eigenvalue weighted by Gasteiger charge is -1.47. The predicted octanol–water partition coefficient (Wildman–Crippen LogP) is 0.475. The monoisotopic (exact) mass is 68.0 g/mol. The van der Waals surface area contributed by atoms with Gasteiger partial charge in [0.25, 0.3) is 0 Å². The minimum atomic E-state index is 1.46. The van der Waals surface area contributed by atoms with Crippen molar-refractivity contribution in [1.82, 2.24) is 5.16 Å². The van der Waals surface area contributed by atoms with E-state index in [0.29, 0.717) is 0 Å². The van der Waals surface area contributed by atoms with Gasteiger partial charge < -0.3 is 4.52 Å². The van der Waals surface area contributed by atoms with Crippen molar-refractivity contribution in [2.24, 2.45) is 0 Å². The SMILES string of the molecule is [c]1ccon1. The Morgan fingerprint density at radius 3 is 3.00 bits per heavy atom. The molecular weight excluding hydrogens is 66.0 g/mol. The summed E-state index contributed by atoms with van der Waals surface area (Å²) in [6, 6.07) is 1.60. The molecular formula is C3H2NO. The zero-order chi connectivity index (χ0) is 3.54. The van der Waals surface area contributed by atoms with Crippen molar-refractivity contribution in [3.05, 3.63) is 18.5 Å². The normalized spacial score (nSPS) is 8.00. The summed E-state index contributed by atoms with van der Waals surface area (Å²) in [6.07, 6.45) is 3.90. The van der Waals surface area contributed by atoms with Gasteiger partial charge in [0.2, 0.25) is 0 Å². The van der Waals surface area contributed by atoms with Gasteiger partial charge in [-0.15, -0.1) is 0 Å². The van der Waals surface area contributed by atoms with Gasteiger partial charge in [-0.05, 0) is 0 Å². The van der Waals surface area contributed by atoms with Gasteiger partial charge in [-0.25, -0.2) is 0 Å². The van der Waals surface area contributed by atoms with E-state index in [0.717, 1.165) is 0 Å². The molecule has 1 radical (unpaired) electrons. The van der Waals surface area contributed by atoms with Gasteiger partial charge in [-0.3, -0.25) is 0 Å². The van der Waals surface area contributed by atoms with Crippen molar-refractivity contribution >= 4 is 0 Å². The zero-order valence-corrected chi connectivity index (χ0v) is 2.51. The van der Waals surface area contributed by atoms with Crippen LogP contribution in [0.2, 0.25) is 0 Å². The number of hydrogen-bond acceptors (Lipinski definition) is 2. The average molecular weight is 68.1 g/mol. The molecule has 1 rings (SSSR count). The molecule has 5 heavy (non-hydrogen) atoms. The molecule has 0 amide bonds. The van der Waals surface area contributed by atoms with Crippen molar-refractivity contribution in [2.75, 3.05) is 0 Å². The number of aromatic nitrogens is 1. The molecule has 0 bridgehead atoms. The summed E-state index contributed by atoms with van der Waals surface area (Å²) in [5.74, 6) is 0. The molecule has 25 valence electrons. The van der Waals surface area contributed by atoms with E-state index < -0.39 is 0 Å². The van der Waals surface area contributed by atoms with Crippen molar-refractivity contribution in [3.63, 3.8) is 0 Å². The van der Waals surface area contributed by atoms with E-state index in [2.05, 4.69) is 15.9 Å². The Hall–Kier alpha value is -0.790. The largest absolute Gasteiger partial charge is 0.364 e. The van der Waals surface area contributed by atoms with Crippen molar-refractivity contribution in [1.29, 1.82) is 0 Å². The summed E-state index contributed by atoms with van der Waals surface area (Å²) in [4.78, 5) is 0. The van der Waals surface area contributed by atoms with Crippen LogP contribution in [0.3, 0.4) is 0 Å². The fraction of sp³-hybridized carbons (Fsp3) is 0. The molecule has 0 saturated heterocycles. The molecule has 1 heterocycles. The lowest BCUT2D eigenvalue weighted by molar-refractivity contribution is 0.418. The second-order valence-corrected chi connectivity index (χ2v) is 0.629. The standard InChI is InChI=1S/C3H2NO/c1-2-4-5-3-1/h1,3H. The Morgan fingerprint density at radius 1 is 1.80 bits per heavy atom. The number of nitrogens with zero attached hydrogens (tertiary/aromatic N) is 1. The summed E-state index contributed by atoms with van der Waals surface area (Å²) < 4.78 is 4.28. The van der Waals surface area contributed by atoms with E-state index in [1.165, 1.54) is 6.26 Å². The second kappa shape index (κ2) is 0.885. The van der Waals surface area contributed by atoms with Crippen LogP contribution in [0.25, 0.3) is 0 Å². The highest BCUT2D eigenvalue weighted by Crippen LogP contribution is 1.70. The summed E-state index contributed by atoms with van der Waals surface area (Å²) in [7, 11) is 0. The molecule has 2 heteroatoms. The van der Waals surface area contributed by atoms with Gasteiger partial charge in [0.1, 0.15) is 12.5 Å². The minimum absolute atomic E-state index is 1.46. The highest BCUT2D eigenvalue weighted by atomic mass is 16.5. The van der Waals surface area contributed by atoms with Crippen LogP contribution in [-0.2, 0) is 0 Å². The molecule has 1 aromatic rings. The molecule has 0 saturated carbocycles. The summed E-state index contributed by atoms with van der Waals surface area (Å²) in [6.45, 7) is 0. The van der Waals surface area contributed by atoms with E-state index in [9.17, 15) is 0 Å².